The summed E-state index contributed by atoms with van der Waals surface area (Å²) in [4.78, 5) is 35.3. The molecule has 1 saturated heterocycles. The number of carbonyl (C=O) groups excluding carboxylic acids is 2. The summed E-state index contributed by atoms with van der Waals surface area (Å²) in [6, 6.07) is 10.2. The van der Waals surface area contributed by atoms with Gasteiger partial charge in [0.25, 0.3) is 11.6 Å². The maximum absolute atomic E-state index is 13.0. The average molecular weight is 475 g/mol. The Morgan fingerprint density at radius 2 is 1.70 bits per heavy atom. The first-order chi connectivity index (χ1) is 15.7. The van der Waals surface area contributed by atoms with Crippen molar-refractivity contribution in [2.45, 2.75) is 43.5 Å². The van der Waals surface area contributed by atoms with Crippen molar-refractivity contribution in [3.8, 4) is 0 Å². The van der Waals surface area contributed by atoms with E-state index in [1.807, 2.05) is 0 Å². The molecule has 1 atom stereocenters. The van der Waals surface area contributed by atoms with Crippen LogP contribution < -0.4 is 10.6 Å². The fraction of sp³-hybridized carbons (Fsp3) is 0.364. The van der Waals surface area contributed by atoms with Crippen LogP contribution in [0.4, 0.5) is 11.4 Å². The van der Waals surface area contributed by atoms with Gasteiger partial charge in [-0.25, -0.2) is 8.42 Å². The molecule has 1 aliphatic rings. The Morgan fingerprint density at radius 3 is 2.36 bits per heavy atom. The minimum absolute atomic E-state index is 0.0504. The van der Waals surface area contributed by atoms with Crippen LogP contribution in [0.25, 0.3) is 0 Å². The lowest BCUT2D eigenvalue weighted by molar-refractivity contribution is -0.384. The number of anilines is 1. The quantitative estimate of drug-likeness (QED) is 0.467. The number of nitro benzene ring substituents is 1. The van der Waals surface area contributed by atoms with E-state index in [0.717, 1.165) is 31.7 Å². The van der Waals surface area contributed by atoms with Gasteiger partial charge in [-0.3, -0.25) is 19.7 Å². The van der Waals surface area contributed by atoms with Gasteiger partial charge in [-0.15, -0.1) is 0 Å². The Morgan fingerprint density at radius 1 is 1.03 bits per heavy atom. The van der Waals surface area contributed by atoms with Crippen LogP contribution in [-0.2, 0) is 14.8 Å². The summed E-state index contributed by atoms with van der Waals surface area (Å²) in [7, 11) is -3.67. The highest BCUT2D eigenvalue weighted by atomic mass is 32.2. The number of nitrogens with zero attached hydrogens (tertiary/aromatic N) is 2. The second-order valence-electron chi connectivity index (χ2n) is 7.84. The second kappa shape index (κ2) is 10.5. The summed E-state index contributed by atoms with van der Waals surface area (Å²) in [5.74, 6) is -1.20. The number of non-ortho nitro benzene ring substituents is 1. The van der Waals surface area contributed by atoms with E-state index in [1.165, 1.54) is 41.6 Å². The van der Waals surface area contributed by atoms with Crippen molar-refractivity contribution in [3.63, 3.8) is 0 Å². The van der Waals surface area contributed by atoms with Gasteiger partial charge in [-0.1, -0.05) is 25.0 Å². The lowest BCUT2D eigenvalue weighted by atomic mass is 10.1. The lowest BCUT2D eigenvalue weighted by Gasteiger charge is -2.20. The maximum atomic E-state index is 13.0. The summed E-state index contributed by atoms with van der Waals surface area (Å²) in [5, 5.41) is 16.0. The van der Waals surface area contributed by atoms with Crippen LogP contribution in [0.2, 0.25) is 0 Å². The zero-order valence-corrected chi connectivity index (χ0v) is 19.0. The number of sulfonamides is 1. The minimum atomic E-state index is -3.67. The molecule has 1 unspecified atom stereocenters. The molecule has 0 aliphatic carbocycles. The van der Waals surface area contributed by atoms with Crippen LogP contribution >= 0.6 is 0 Å². The van der Waals surface area contributed by atoms with Crippen LogP contribution in [0.5, 0.6) is 0 Å². The Hall–Kier alpha value is -3.31. The Balaban J connectivity index is 1.67. The second-order valence-corrected chi connectivity index (χ2v) is 9.78. The summed E-state index contributed by atoms with van der Waals surface area (Å²) in [5.41, 5.74) is 0.101. The molecule has 33 heavy (non-hydrogen) atoms. The van der Waals surface area contributed by atoms with Crippen LogP contribution in [0, 0.1) is 10.1 Å². The third kappa shape index (κ3) is 6.14. The largest absolute Gasteiger partial charge is 0.341 e. The predicted molar refractivity (Wildman–Crippen MR) is 122 cm³/mol. The number of benzene rings is 2. The van der Waals surface area contributed by atoms with Gasteiger partial charge in [-0.05, 0) is 44.0 Å². The molecule has 2 aromatic rings. The van der Waals surface area contributed by atoms with E-state index in [4.69, 9.17) is 0 Å². The van der Waals surface area contributed by atoms with E-state index in [1.54, 1.807) is 12.1 Å². The zero-order chi connectivity index (χ0) is 24.0. The molecule has 1 heterocycles. The summed E-state index contributed by atoms with van der Waals surface area (Å²) in [6.45, 7) is 2.40. The number of rotatable bonds is 7. The van der Waals surface area contributed by atoms with Crippen molar-refractivity contribution < 1.29 is 22.9 Å². The van der Waals surface area contributed by atoms with Crippen LogP contribution in [0.1, 0.15) is 43.0 Å². The molecule has 0 radical (unpaired) electrons. The van der Waals surface area contributed by atoms with Gasteiger partial charge in [0, 0.05) is 36.5 Å². The SMILES string of the molecule is CC(NC(=O)c1cccc([N+](=O)[O-])c1)C(=O)Nc1cccc(S(=O)(=O)N2CCCCCC2)c1. The highest BCUT2D eigenvalue weighted by Crippen LogP contribution is 2.23. The third-order valence-electron chi connectivity index (χ3n) is 5.36. The number of hydrogen-bond donors (Lipinski definition) is 2. The molecular weight excluding hydrogens is 448 g/mol. The maximum Gasteiger partial charge on any atom is 0.270 e. The molecule has 0 bridgehead atoms. The van der Waals surface area contributed by atoms with Crippen LogP contribution in [0.15, 0.2) is 53.4 Å². The van der Waals surface area contributed by atoms with Gasteiger partial charge in [0.2, 0.25) is 15.9 Å². The molecule has 11 heteroatoms. The number of hydrogen-bond acceptors (Lipinski definition) is 6. The van der Waals surface area contributed by atoms with Gasteiger partial charge < -0.3 is 10.6 Å². The molecule has 2 amide bonds. The van der Waals surface area contributed by atoms with Gasteiger partial charge in [-0.2, -0.15) is 4.31 Å². The van der Waals surface area contributed by atoms with Crippen LogP contribution in [-0.4, -0.2) is 48.6 Å². The Labute approximate surface area is 192 Å². The first kappa shape index (κ1) is 24.3. The van der Waals surface area contributed by atoms with Crippen molar-refractivity contribution in [1.82, 2.24) is 9.62 Å². The molecule has 0 spiro atoms. The number of nitro groups is 1. The zero-order valence-electron chi connectivity index (χ0n) is 18.2. The molecule has 3 rings (SSSR count). The van der Waals surface area contributed by atoms with Crippen molar-refractivity contribution in [1.29, 1.82) is 0 Å². The topological polar surface area (TPSA) is 139 Å². The number of nitrogens with one attached hydrogen (secondary N) is 2. The molecule has 1 fully saturated rings. The standard InChI is InChI=1S/C22H26N4O6S/c1-16(23-22(28)17-8-6-10-19(14-17)26(29)30)21(27)24-18-9-7-11-20(15-18)33(31,32)25-12-4-2-3-5-13-25/h6-11,14-16H,2-5,12-13H2,1H3,(H,23,28)(H,24,27). The fourth-order valence-electron chi connectivity index (χ4n) is 3.52. The molecule has 2 aromatic carbocycles. The van der Waals surface area contributed by atoms with E-state index >= 15 is 0 Å². The smallest absolute Gasteiger partial charge is 0.270 e. The van der Waals surface area contributed by atoms with E-state index in [2.05, 4.69) is 10.6 Å². The highest BCUT2D eigenvalue weighted by molar-refractivity contribution is 7.89. The van der Waals surface area contributed by atoms with Gasteiger partial charge >= 0.3 is 0 Å². The summed E-state index contributed by atoms with van der Waals surface area (Å²) >= 11 is 0. The third-order valence-corrected chi connectivity index (χ3v) is 7.26. The highest BCUT2D eigenvalue weighted by Gasteiger charge is 2.26. The van der Waals surface area contributed by atoms with E-state index in [0.29, 0.717) is 13.1 Å². The van der Waals surface area contributed by atoms with Crippen molar-refractivity contribution in [2.24, 2.45) is 0 Å². The monoisotopic (exact) mass is 474 g/mol. The summed E-state index contributed by atoms with van der Waals surface area (Å²) < 4.78 is 27.5. The van der Waals surface area contributed by atoms with Gasteiger partial charge in [0.15, 0.2) is 0 Å². The van der Waals surface area contributed by atoms with Crippen molar-refractivity contribution in [2.75, 3.05) is 18.4 Å². The lowest BCUT2D eigenvalue weighted by Crippen LogP contribution is -2.41. The molecule has 0 aromatic heterocycles. The molecule has 2 N–H and O–H groups in total. The molecule has 10 nitrogen and oxygen atoms in total. The summed E-state index contributed by atoms with van der Waals surface area (Å²) in [6.07, 6.45) is 3.64. The van der Waals surface area contributed by atoms with Crippen molar-refractivity contribution >= 4 is 33.2 Å². The molecule has 176 valence electrons. The first-order valence-corrected chi connectivity index (χ1v) is 12.1. The Kier molecular flexibility index (Phi) is 7.77. The van der Waals surface area contributed by atoms with E-state index in [-0.39, 0.29) is 21.8 Å². The first-order valence-electron chi connectivity index (χ1n) is 10.6. The van der Waals surface area contributed by atoms with Gasteiger partial charge in [0.05, 0.1) is 9.82 Å². The molecular formula is C22H26N4O6S. The number of amides is 2. The fourth-order valence-corrected chi connectivity index (χ4v) is 5.09. The Bertz CT molecular complexity index is 1140. The number of carbonyl (C=O) groups is 2. The van der Waals surface area contributed by atoms with E-state index in [9.17, 15) is 28.1 Å². The predicted octanol–water partition coefficient (Wildman–Crippen LogP) is 2.92. The van der Waals surface area contributed by atoms with Crippen LogP contribution in [0.3, 0.4) is 0 Å². The molecule has 1 aliphatic heterocycles. The average Bonchev–Trinajstić information content (AvgIpc) is 3.09. The minimum Gasteiger partial charge on any atom is -0.341 e. The van der Waals surface area contributed by atoms with Gasteiger partial charge in [0.1, 0.15) is 6.04 Å². The van der Waals surface area contributed by atoms with E-state index < -0.39 is 32.8 Å². The molecule has 0 saturated carbocycles. The normalized spacial score (nSPS) is 15.8. The van der Waals surface area contributed by atoms with Crippen molar-refractivity contribution in [3.05, 3.63) is 64.2 Å².